The highest BCUT2D eigenvalue weighted by Crippen LogP contribution is 2.37. The van der Waals surface area contributed by atoms with Crippen LogP contribution in [0.3, 0.4) is 0 Å². The van der Waals surface area contributed by atoms with Gasteiger partial charge in [0.25, 0.3) is 0 Å². The van der Waals surface area contributed by atoms with Gasteiger partial charge in [-0.3, -0.25) is 19.2 Å². The number of hydrogen-bond acceptors (Lipinski definition) is 6. The van der Waals surface area contributed by atoms with Gasteiger partial charge in [0.1, 0.15) is 6.04 Å². The number of nitrogens with one attached hydrogen (secondary N) is 2. The number of imidazole rings is 1. The quantitative estimate of drug-likeness (QED) is 0.0822. The van der Waals surface area contributed by atoms with Gasteiger partial charge in [0.15, 0.2) is 10.7 Å². The Bertz CT molecular complexity index is 1480. The van der Waals surface area contributed by atoms with Gasteiger partial charge in [-0.15, -0.1) is 11.6 Å². The van der Waals surface area contributed by atoms with Crippen LogP contribution in [0.25, 0.3) is 6.08 Å². The normalized spacial score (nSPS) is 14.1. The lowest BCUT2D eigenvalue weighted by molar-refractivity contribution is -0.141. The molecule has 1 heterocycles. The number of halogens is 3. The Balaban J connectivity index is 1.56. The first kappa shape index (κ1) is 33.8. The topological polar surface area (TPSA) is 156 Å². The first-order valence-corrected chi connectivity index (χ1v) is 14.5. The molecule has 3 atom stereocenters. The number of aliphatic carboxylic acids is 1. The molecule has 13 heteroatoms. The van der Waals surface area contributed by atoms with E-state index >= 15 is 0 Å². The van der Waals surface area contributed by atoms with E-state index in [2.05, 4.69) is 15.6 Å². The second kappa shape index (κ2) is 15.7. The van der Waals surface area contributed by atoms with Crippen LogP contribution in [0.5, 0.6) is 0 Å². The third kappa shape index (κ3) is 9.65. The highest BCUT2D eigenvalue weighted by molar-refractivity contribution is 6.42. The molecule has 0 saturated heterocycles. The SMILES string of the molecule is C[C@H](NC(=O)[C@@H](N)CCCCNC(=O)/C=C/c1cn(CC(Cl)(C(=O)c2ccc(Cl)cc2Cl)c2ccccc2)cn1)C(=O)O. The zero-order chi connectivity index (χ0) is 31.6. The van der Waals surface area contributed by atoms with E-state index in [0.717, 1.165) is 0 Å². The Kier molecular flexibility index (Phi) is 12.3. The number of carbonyl (C=O) groups excluding carboxylic acids is 3. The molecule has 2 aromatic carbocycles. The lowest BCUT2D eigenvalue weighted by Crippen LogP contribution is -2.47. The van der Waals surface area contributed by atoms with Crippen LogP contribution in [-0.2, 0) is 25.8 Å². The van der Waals surface area contributed by atoms with Crippen molar-refractivity contribution < 1.29 is 24.3 Å². The van der Waals surface area contributed by atoms with Gasteiger partial charge in [-0.25, -0.2) is 4.98 Å². The fourth-order valence-electron chi connectivity index (χ4n) is 4.12. The van der Waals surface area contributed by atoms with Crippen LogP contribution in [0.1, 0.15) is 47.8 Å². The first-order valence-electron chi connectivity index (χ1n) is 13.4. The summed E-state index contributed by atoms with van der Waals surface area (Å²) >= 11 is 19.4. The van der Waals surface area contributed by atoms with Crippen molar-refractivity contribution in [2.75, 3.05) is 6.54 Å². The fourth-order valence-corrected chi connectivity index (χ4v) is 4.98. The van der Waals surface area contributed by atoms with Crippen LogP contribution in [0.15, 0.2) is 67.1 Å². The van der Waals surface area contributed by atoms with Crippen LogP contribution in [-0.4, -0.2) is 56.9 Å². The molecule has 0 radical (unpaired) electrons. The number of carbonyl (C=O) groups is 4. The Morgan fingerprint density at radius 3 is 2.51 bits per heavy atom. The Hall–Kier alpha value is -3.70. The zero-order valence-electron chi connectivity index (χ0n) is 23.3. The fraction of sp³-hybridized carbons (Fsp3) is 0.300. The van der Waals surface area contributed by atoms with E-state index in [9.17, 15) is 19.2 Å². The zero-order valence-corrected chi connectivity index (χ0v) is 25.6. The minimum absolute atomic E-state index is 0.0405. The van der Waals surface area contributed by atoms with E-state index in [1.807, 2.05) is 6.07 Å². The molecule has 0 fully saturated rings. The largest absolute Gasteiger partial charge is 0.480 e. The van der Waals surface area contributed by atoms with Crippen molar-refractivity contribution in [3.8, 4) is 0 Å². The van der Waals surface area contributed by atoms with Crippen molar-refractivity contribution in [1.29, 1.82) is 0 Å². The van der Waals surface area contributed by atoms with Crippen LogP contribution in [0.4, 0.5) is 0 Å². The van der Waals surface area contributed by atoms with Crippen molar-refractivity contribution in [2.45, 2.75) is 49.7 Å². The summed E-state index contributed by atoms with van der Waals surface area (Å²) in [6.07, 6.45) is 7.54. The molecule has 0 aliphatic carbocycles. The number of Topliss-reactive ketones (excluding diaryl/α,β-unsaturated/α-hetero) is 1. The van der Waals surface area contributed by atoms with E-state index in [-0.39, 0.29) is 23.0 Å². The van der Waals surface area contributed by atoms with Gasteiger partial charge in [0.05, 0.1) is 29.6 Å². The molecular weight excluding hydrogens is 617 g/mol. The summed E-state index contributed by atoms with van der Waals surface area (Å²) in [4.78, 5) is 51.5. The molecule has 43 heavy (non-hydrogen) atoms. The summed E-state index contributed by atoms with van der Waals surface area (Å²) in [5.41, 5.74) is 7.09. The van der Waals surface area contributed by atoms with E-state index in [1.54, 1.807) is 47.2 Å². The van der Waals surface area contributed by atoms with Crippen molar-refractivity contribution in [1.82, 2.24) is 20.2 Å². The number of carboxylic acids is 1. The molecule has 1 unspecified atom stereocenters. The number of carboxylic acid groups (broad SMARTS) is 1. The van der Waals surface area contributed by atoms with Crippen LogP contribution in [0, 0.1) is 0 Å². The standard InChI is InChI=1S/C30H32Cl3N5O5/c1-19(29(42)43)37-28(41)25(34)9-5-6-14-35-26(39)13-11-22-16-38(18-36-22)17-30(33,20-7-3-2-4-8-20)27(40)23-12-10-21(31)15-24(23)32/h2-4,7-8,10-13,15-16,18-19,25H,5-6,9,14,17,34H2,1H3,(H,35,39)(H,37,41)(H,42,43)/b13-11+/t19-,25-,30?/m0/s1. The van der Waals surface area contributed by atoms with Crippen molar-refractivity contribution in [3.05, 3.63) is 94.0 Å². The molecule has 2 amide bonds. The number of unbranched alkanes of at least 4 members (excludes halogenated alkanes) is 1. The van der Waals surface area contributed by atoms with Crippen molar-refractivity contribution >= 4 is 64.4 Å². The smallest absolute Gasteiger partial charge is 0.325 e. The number of aromatic nitrogens is 2. The van der Waals surface area contributed by atoms with Gasteiger partial charge < -0.3 is 26.0 Å². The molecule has 0 aliphatic heterocycles. The number of rotatable bonds is 15. The number of nitrogens with zero attached hydrogens (tertiary/aromatic N) is 2. The number of hydrogen-bond donors (Lipinski definition) is 4. The van der Waals surface area contributed by atoms with Crippen molar-refractivity contribution in [2.24, 2.45) is 5.73 Å². The maximum Gasteiger partial charge on any atom is 0.325 e. The molecule has 1 aromatic heterocycles. The monoisotopic (exact) mass is 647 g/mol. The van der Waals surface area contributed by atoms with E-state index in [4.69, 9.17) is 45.6 Å². The molecule has 0 aliphatic rings. The summed E-state index contributed by atoms with van der Waals surface area (Å²) in [6.45, 7) is 1.76. The second-order valence-corrected chi connectivity index (χ2v) is 11.4. The third-order valence-electron chi connectivity index (χ3n) is 6.53. The minimum atomic E-state index is -1.50. The van der Waals surface area contributed by atoms with E-state index in [0.29, 0.717) is 42.1 Å². The number of nitrogens with two attached hydrogens (primary N) is 1. The van der Waals surface area contributed by atoms with Gasteiger partial charge in [0, 0.05) is 29.4 Å². The first-order chi connectivity index (χ1) is 20.4. The molecule has 0 saturated carbocycles. The summed E-state index contributed by atoms with van der Waals surface area (Å²) < 4.78 is 1.66. The Morgan fingerprint density at radius 2 is 1.84 bits per heavy atom. The molecule has 0 bridgehead atoms. The summed E-state index contributed by atoms with van der Waals surface area (Å²) in [7, 11) is 0. The number of ketones is 1. The van der Waals surface area contributed by atoms with Gasteiger partial charge in [-0.2, -0.15) is 0 Å². The van der Waals surface area contributed by atoms with Crippen LogP contribution < -0.4 is 16.4 Å². The number of benzene rings is 2. The lowest BCUT2D eigenvalue weighted by atomic mass is 9.89. The summed E-state index contributed by atoms with van der Waals surface area (Å²) in [5.74, 6) is -2.41. The second-order valence-electron chi connectivity index (χ2n) is 9.89. The van der Waals surface area contributed by atoms with Crippen LogP contribution >= 0.6 is 34.8 Å². The number of amides is 2. The maximum atomic E-state index is 13.7. The molecular formula is C30H32Cl3N5O5. The average Bonchev–Trinajstić information content (AvgIpc) is 3.42. The highest BCUT2D eigenvalue weighted by Gasteiger charge is 2.40. The van der Waals surface area contributed by atoms with Crippen molar-refractivity contribution in [3.63, 3.8) is 0 Å². The van der Waals surface area contributed by atoms with Crippen LogP contribution in [0.2, 0.25) is 10.0 Å². The molecule has 3 aromatic rings. The molecule has 10 nitrogen and oxygen atoms in total. The molecule has 3 rings (SSSR count). The van der Waals surface area contributed by atoms with Gasteiger partial charge in [0.2, 0.25) is 11.8 Å². The van der Waals surface area contributed by atoms with E-state index in [1.165, 1.54) is 31.5 Å². The lowest BCUT2D eigenvalue weighted by Gasteiger charge is -2.27. The average molecular weight is 649 g/mol. The van der Waals surface area contributed by atoms with Gasteiger partial charge >= 0.3 is 5.97 Å². The predicted octanol–water partition coefficient (Wildman–Crippen LogP) is 4.42. The molecule has 228 valence electrons. The summed E-state index contributed by atoms with van der Waals surface area (Å²) in [6, 6.07) is 11.7. The minimum Gasteiger partial charge on any atom is -0.480 e. The Labute approximate surface area is 264 Å². The highest BCUT2D eigenvalue weighted by atomic mass is 35.5. The Morgan fingerprint density at radius 1 is 1.12 bits per heavy atom. The van der Waals surface area contributed by atoms with Gasteiger partial charge in [-0.05, 0) is 56.0 Å². The van der Waals surface area contributed by atoms with Gasteiger partial charge in [-0.1, -0.05) is 53.5 Å². The maximum absolute atomic E-state index is 13.7. The number of alkyl halides is 1. The van der Waals surface area contributed by atoms with E-state index < -0.39 is 34.6 Å². The predicted molar refractivity (Wildman–Crippen MR) is 166 cm³/mol. The summed E-state index contributed by atoms with van der Waals surface area (Å²) in [5, 5.41) is 14.5. The third-order valence-corrected chi connectivity index (χ3v) is 7.59. The molecule has 5 N–H and O–H groups in total. The molecule has 0 spiro atoms.